The molecule has 2 aromatic carbocycles. The third kappa shape index (κ3) is 5.14. The van der Waals surface area contributed by atoms with E-state index in [9.17, 15) is 4.79 Å². The summed E-state index contributed by atoms with van der Waals surface area (Å²) in [4.78, 5) is 29.8. The van der Waals surface area contributed by atoms with E-state index in [1.807, 2.05) is 11.1 Å². The Hall–Kier alpha value is -4.18. The van der Waals surface area contributed by atoms with Gasteiger partial charge in [0, 0.05) is 79.9 Å². The van der Waals surface area contributed by atoms with Crippen LogP contribution in [0.3, 0.4) is 0 Å². The highest BCUT2D eigenvalue weighted by Crippen LogP contribution is 2.54. The minimum absolute atomic E-state index is 0.0368. The molecule has 2 spiro atoms. The quantitative estimate of drug-likeness (QED) is 0.193. The van der Waals surface area contributed by atoms with Crippen molar-refractivity contribution in [2.45, 2.75) is 89.7 Å². The lowest BCUT2D eigenvalue weighted by molar-refractivity contribution is -0.139. The monoisotopic (exact) mass is 687 g/mol. The summed E-state index contributed by atoms with van der Waals surface area (Å²) in [5.74, 6) is 2.27. The molecule has 0 radical (unpaired) electrons. The van der Waals surface area contributed by atoms with Gasteiger partial charge in [0.15, 0.2) is 5.75 Å². The topological polar surface area (TPSA) is 99.7 Å². The van der Waals surface area contributed by atoms with Gasteiger partial charge in [0.2, 0.25) is 5.91 Å². The van der Waals surface area contributed by atoms with Crippen LogP contribution in [0.5, 0.6) is 11.8 Å². The number of carbonyl (C=O) groups is 1. The molecule has 10 rings (SSSR count). The number of nitrogens with zero attached hydrogens (tertiary/aromatic N) is 6. The fourth-order valence-corrected chi connectivity index (χ4v) is 9.94. The lowest BCUT2D eigenvalue weighted by atomic mass is 9.62. The normalized spacial score (nSPS) is 25.0. The van der Waals surface area contributed by atoms with Gasteiger partial charge in [-0.1, -0.05) is 19.1 Å². The number of rotatable bonds is 9. The molecule has 2 aromatic heterocycles. The Kier molecular flexibility index (Phi) is 7.22. The molecule has 266 valence electrons. The van der Waals surface area contributed by atoms with Crippen LogP contribution in [0, 0.1) is 17.8 Å². The van der Waals surface area contributed by atoms with Gasteiger partial charge in [-0.15, -0.1) is 0 Å². The average molecular weight is 688 g/mol. The zero-order chi connectivity index (χ0) is 34.5. The van der Waals surface area contributed by atoms with Crippen LogP contribution in [0.15, 0.2) is 37.1 Å². The molecule has 6 fully saturated rings. The van der Waals surface area contributed by atoms with E-state index in [0.717, 1.165) is 104 Å². The van der Waals surface area contributed by atoms with E-state index in [1.165, 1.54) is 55.1 Å². The second-order valence-corrected chi connectivity index (χ2v) is 16.7. The molecule has 10 nitrogen and oxygen atoms in total. The van der Waals surface area contributed by atoms with E-state index in [2.05, 4.69) is 58.6 Å². The molecule has 3 saturated heterocycles. The van der Waals surface area contributed by atoms with Crippen molar-refractivity contribution in [3.63, 3.8) is 0 Å². The zero-order valence-corrected chi connectivity index (χ0v) is 30.0. The molecule has 3 aliphatic heterocycles. The maximum Gasteiger partial charge on any atom is 0.319 e. The number of hydrogen-bond acceptors (Lipinski definition) is 8. The first kappa shape index (κ1) is 31.5. The smallest absolute Gasteiger partial charge is 0.319 e. The van der Waals surface area contributed by atoms with Gasteiger partial charge >= 0.3 is 6.01 Å². The Morgan fingerprint density at radius 3 is 2.47 bits per heavy atom. The summed E-state index contributed by atoms with van der Waals surface area (Å²) in [6, 6.07) is 7.73. The molecule has 3 saturated carbocycles. The molecule has 1 amide bonds. The number of fused-ring (bicyclic) bond motifs is 2. The van der Waals surface area contributed by atoms with Crippen molar-refractivity contribution in [3.05, 3.63) is 48.2 Å². The standard InChI is InChI=1S/C41H49N7O3/c1-4-33(49)48-23-41(24-48)13-15-46(16-14-41)38-30-19-29(26-8-9-26)35(34-25(3)7-10-32-31(34)20-42-45-32)37(50-5-2)36(30)43-39(44-38)51-28-17-27(18-28)47-21-40(22-47)11-6-12-40/h4,7,10,19-20,26-28H,1,5-6,8-9,11-18,21-24H2,2-3H3,(H,42,45)/t27-,28+. The van der Waals surface area contributed by atoms with Gasteiger partial charge in [-0.2, -0.15) is 15.1 Å². The lowest BCUT2D eigenvalue weighted by Crippen LogP contribution is -2.65. The molecular formula is C41H49N7O3. The van der Waals surface area contributed by atoms with Gasteiger partial charge in [-0.25, -0.2) is 0 Å². The predicted octanol–water partition coefficient (Wildman–Crippen LogP) is 6.77. The first-order valence-electron chi connectivity index (χ1n) is 19.4. The third-order valence-corrected chi connectivity index (χ3v) is 13.3. The number of aryl methyl sites for hydroxylation is 1. The van der Waals surface area contributed by atoms with Gasteiger partial charge in [0.25, 0.3) is 0 Å². The van der Waals surface area contributed by atoms with Crippen LogP contribution in [-0.2, 0) is 4.79 Å². The average Bonchev–Trinajstić information content (AvgIpc) is 3.80. The molecular weight excluding hydrogens is 638 g/mol. The molecule has 51 heavy (non-hydrogen) atoms. The van der Waals surface area contributed by atoms with Crippen LogP contribution in [0.25, 0.3) is 32.9 Å². The number of likely N-dealkylation sites (tertiary alicyclic amines) is 2. The molecule has 3 aliphatic carbocycles. The number of piperidine rings is 1. The van der Waals surface area contributed by atoms with E-state index in [-0.39, 0.29) is 17.4 Å². The summed E-state index contributed by atoms with van der Waals surface area (Å²) in [5, 5.41) is 9.77. The van der Waals surface area contributed by atoms with Gasteiger partial charge in [-0.3, -0.25) is 14.8 Å². The molecule has 5 heterocycles. The summed E-state index contributed by atoms with van der Waals surface area (Å²) in [6.07, 6.45) is 14.2. The van der Waals surface area contributed by atoms with Crippen LogP contribution in [0.1, 0.15) is 81.8 Å². The van der Waals surface area contributed by atoms with Crippen molar-refractivity contribution < 1.29 is 14.3 Å². The second-order valence-electron chi connectivity index (χ2n) is 16.7. The maximum atomic E-state index is 12.3. The summed E-state index contributed by atoms with van der Waals surface area (Å²) in [6.45, 7) is 14.4. The summed E-state index contributed by atoms with van der Waals surface area (Å²) in [5.41, 5.74) is 7.47. The van der Waals surface area contributed by atoms with Crippen LogP contribution >= 0.6 is 0 Å². The number of aromatic nitrogens is 4. The van der Waals surface area contributed by atoms with Crippen LogP contribution in [0.2, 0.25) is 0 Å². The number of aromatic amines is 1. The number of nitrogens with one attached hydrogen (secondary N) is 1. The number of hydrogen-bond donors (Lipinski definition) is 1. The minimum Gasteiger partial charge on any atom is -0.491 e. The van der Waals surface area contributed by atoms with Crippen molar-refractivity contribution in [2.75, 3.05) is 50.8 Å². The van der Waals surface area contributed by atoms with Crippen molar-refractivity contribution in [2.24, 2.45) is 10.8 Å². The number of H-pyrrole nitrogens is 1. The van der Waals surface area contributed by atoms with Crippen LogP contribution in [0.4, 0.5) is 5.82 Å². The first-order valence-corrected chi connectivity index (χ1v) is 19.4. The van der Waals surface area contributed by atoms with E-state index in [1.54, 1.807) is 0 Å². The fourth-order valence-electron chi connectivity index (χ4n) is 9.94. The Labute approximate surface area is 299 Å². The highest BCUT2D eigenvalue weighted by Gasteiger charge is 2.52. The van der Waals surface area contributed by atoms with E-state index in [4.69, 9.17) is 19.4 Å². The maximum absolute atomic E-state index is 12.3. The van der Waals surface area contributed by atoms with E-state index >= 15 is 0 Å². The van der Waals surface area contributed by atoms with Crippen molar-refractivity contribution >= 4 is 33.5 Å². The van der Waals surface area contributed by atoms with Crippen molar-refractivity contribution in [3.8, 4) is 22.9 Å². The van der Waals surface area contributed by atoms with Crippen LogP contribution in [-0.4, -0.2) is 93.9 Å². The fraction of sp³-hybridized carbons (Fsp3) is 0.561. The van der Waals surface area contributed by atoms with Gasteiger partial charge < -0.3 is 19.3 Å². The van der Waals surface area contributed by atoms with Gasteiger partial charge in [0.1, 0.15) is 17.4 Å². The highest BCUT2D eigenvalue weighted by atomic mass is 16.5. The number of carbonyl (C=O) groups excluding carboxylic acids is 1. The molecule has 6 aliphatic rings. The number of amides is 1. The molecule has 0 unspecified atom stereocenters. The Morgan fingerprint density at radius 2 is 1.78 bits per heavy atom. The SMILES string of the molecule is C=CC(=O)N1CC2(CCN(c3nc(O[C@H]4C[C@@H](N5CC6(CCC6)C5)C4)nc4c(OCC)c(-c5c(C)ccc6[nH]ncc56)c(C5CC5)cc34)CC2)C1. The Bertz CT molecular complexity index is 2040. The number of benzene rings is 2. The molecule has 0 bridgehead atoms. The first-order chi connectivity index (χ1) is 24.8. The predicted molar refractivity (Wildman–Crippen MR) is 198 cm³/mol. The molecule has 10 heteroatoms. The second kappa shape index (κ2) is 11.7. The summed E-state index contributed by atoms with van der Waals surface area (Å²) < 4.78 is 13.4. The summed E-state index contributed by atoms with van der Waals surface area (Å²) in [7, 11) is 0. The molecule has 1 N–H and O–H groups in total. The minimum atomic E-state index is 0.0368. The molecule has 0 atom stereocenters. The van der Waals surface area contributed by atoms with E-state index in [0.29, 0.717) is 30.0 Å². The largest absolute Gasteiger partial charge is 0.491 e. The highest BCUT2D eigenvalue weighted by molar-refractivity contribution is 6.06. The number of ether oxygens (including phenoxy) is 2. The zero-order valence-electron chi connectivity index (χ0n) is 30.0. The lowest BCUT2D eigenvalue weighted by Gasteiger charge is -2.60. The van der Waals surface area contributed by atoms with Gasteiger partial charge in [0.05, 0.1) is 18.3 Å². The third-order valence-electron chi connectivity index (χ3n) is 13.3. The molecule has 4 aromatic rings. The summed E-state index contributed by atoms with van der Waals surface area (Å²) >= 11 is 0. The van der Waals surface area contributed by atoms with E-state index < -0.39 is 0 Å². The van der Waals surface area contributed by atoms with Crippen LogP contribution < -0.4 is 14.4 Å². The van der Waals surface area contributed by atoms with Gasteiger partial charge in [-0.05, 0) is 98.6 Å². The van der Waals surface area contributed by atoms with Crippen molar-refractivity contribution in [1.82, 2.24) is 30.0 Å². The Morgan fingerprint density at radius 1 is 1.02 bits per heavy atom. The Balaban J connectivity index is 1.04. The van der Waals surface area contributed by atoms with Crippen molar-refractivity contribution in [1.29, 1.82) is 0 Å². The number of anilines is 1.